The molecular formula is C18H28N4O4S. The third kappa shape index (κ3) is 4.64. The second-order valence-electron chi connectivity index (χ2n) is 7.59. The van der Waals surface area contributed by atoms with E-state index in [4.69, 9.17) is 4.74 Å². The van der Waals surface area contributed by atoms with Crippen LogP contribution in [0.2, 0.25) is 0 Å². The Morgan fingerprint density at radius 2 is 2.04 bits per heavy atom. The average Bonchev–Trinajstić information content (AvgIpc) is 3.52. The van der Waals surface area contributed by atoms with E-state index in [1.54, 1.807) is 13.2 Å². The molecule has 3 rings (SSSR count). The van der Waals surface area contributed by atoms with E-state index in [0.717, 1.165) is 25.7 Å². The van der Waals surface area contributed by atoms with Crippen LogP contribution >= 0.6 is 0 Å². The number of ether oxygens (including phenoxy) is 1. The van der Waals surface area contributed by atoms with Crippen LogP contribution in [0.25, 0.3) is 0 Å². The molecule has 0 bridgehead atoms. The van der Waals surface area contributed by atoms with Gasteiger partial charge in [-0.1, -0.05) is 0 Å². The molecule has 27 heavy (non-hydrogen) atoms. The molecular weight excluding hydrogens is 368 g/mol. The Morgan fingerprint density at radius 1 is 1.33 bits per heavy atom. The Balaban J connectivity index is 1.70. The molecule has 2 fully saturated rings. The third-order valence-electron chi connectivity index (χ3n) is 5.71. The van der Waals surface area contributed by atoms with Gasteiger partial charge in [-0.3, -0.25) is 4.72 Å². The van der Waals surface area contributed by atoms with Crippen LogP contribution in [0, 0.1) is 0 Å². The number of nitrogens with zero attached hydrogens (tertiary/aromatic N) is 3. The van der Waals surface area contributed by atoms with E-state index in [-0.39, 0.29) is 11.2 Å². The lowest BCUT2D eigenvalue weighted by molar-refractivity contribution is -0.114. The number of sulfonamides is 1. The lowest BCUT2D eigenvalue weighted by Gasteiger charge is -2.39. The fraction of sp³-hybridized carbons (Fsp3) is 0.722. The van der Waals surface area contributed by atoms with E-state index in [1.807, 2.05) is 0 Å². The van der Waals surface area contributed by atoms with Crippen molar-refractivity contribution in [1.82, 2.24) is 14.9 Å². The van der Waals surface area contributed by atoms with Crippen molar-refractivity contribution in [3.63, 3.8) is 0 Å². The van der Waals surface area contributed by atoms with Gasteiger partial charge < -0.3 is 14.4 Å². The number of hydrogen-bond acceptors (Lipinski definition) is 7. The zero-order chi connectivity index (χ0) is 19.5. The highest BCUT2D eigenvalue weighted by Gasteiger charge is 2.40. The van der Waals surface area contributed by atoms with Crippen LogP contribution in [0.3, 0.4) is 0 Å². The van der Waals surface area contributed by atoms with Crippen molar-refractivity contribution < 1.29 is 17.9 Å². The summed E-state index contributed by atoms with van der Waals surface area (Å²) in [7, 11) is 0.342. The fourth-order valence-electron chi connectivity index (χ4n) is 3.68. The van der Waals surface area contributed by atoms with Crippen molar-refractivity contribution in [2.45, 2.75) is 55.2 Å². The van der Waals surface area contributed by atoms with Gasteiger partial charge in [0.1, 0.15) is 6.29 Å². The number of methoxy groups -OCH3 is 1. The smallest absolute Gasteiger partial charge is 0.237 e. The highest BCUT2D eigenvalue weighted by molar-refractivity contribution is 7.93. The van der Waals surface area contributed by atoms with Gasteiger partial charge in [0.25, 0.3) is 0 Å². The summed E-state index contributed by atoms with van der Waals surface area (Å²) in [6.07, 6.45) is 6.97. The number of aromatic nitrogens is 2. The molecule has 8 nitrogen and oxygen atoms in total. The monoisotopic (exact) mass is 396 g/mol. The van der Waals surface area contributed by atoms with Crippen molar-refractivity contribution in [3.05, 3.63) is 18.0 Å². The highest BCUT2D eigenvalue weighted by atomic mass is 32.2. The van der Waals surface area contributed by atoms with E-state index in [9.17, 15) is 13.2 Å². The molecule has 0 aliphatic heterocycles. The van der Waals surface area contributed by atoms with Crippen molar-refractivity contribution >= 4 is 22.3 Å². The number of nitrogens with one attached hydrogen (secondary N) is 1. The first-order chi connectivity index (χ1) is 12.9. The molecule has 1 N–H and O–H groups in total. The van der Waals surface area contributed by atoms with Gasteiger partial charge in [0.2, 0.25) is 16.0 Å². The largest absolute Gasteiger partial charge is 0.383 e. The Morgan fingerprint density at radius 3 is 2.63 bits per heavy atom. The Labute approximate surface area is 160 Å². The molecule has 2 aliphatic carbocycles. The molecule has 0 amide bonds. The van der Waals surface area contributed by atoms with Crippen molar-refractivity contribution in [1.29, 1.82) is 0 Å². The second-order valence-corrected chi connectivity index (χ2v) is 9.55. The molecule has 2 aliphatic rings. The summed E-state index contributed by atoms with van der Waals surface area (Å²) in [5.74, 6) is 0.0555. The number of carbonyl (C=O) groups is 1. The minimum absolute atomic E-state index is 0.0555. The van der Waals surface area contributed by atoms with E-state index in [0.29, 0.717) is 44.0 Å². The summed E-state index contributed by atoms with van der Waals surface area (Å²) >= 11 is 0. The number of carbonyl (C=O) groups excluding carboxylic acids is 1. The molecule has 2 saturated carbocycles. The van der Waals surface area contributed by atoms with Gasteiger partial charge in [-0.2, -0.15) is 0 Å². The van der Waals surface area contributed by atoms with Gasteiger partial charge in [-0.05, 0) is 51.6 Å². The number of rotatable bonds is 9. The van der Waals surface area contributed by atoms with E-state index in [2.05, 4.69) is 26.6 Å². The van der Waals surface area contributed by atoms with Crippen LogP contribution in [0.4, 0.5) is 5.95 Å². The summed E-state index contributed by atoms with van der Waals surface area (Å²) in [4.78, 5) is 22.7. The summed E-state index contributed by atoms with van der Waals surface area (Å²) in [5.41, 5.74) is -0.0830. The summed E-state index contributed by atoms with van der Waals surface area (Å²) in [6, 6.07) is 2.13. The van der Waals surface area contributed by atoms with E-state index < -0.39 is 15.4 Å². The van der Waals surface area contributed by atoms with Crippen LogP contribution in [-0.4, -0.2) is 68.2 Å². The maximum Gasteiger partial charge on any atom is 0.237 e. The molecule has 0 unspecified atom stereocenters. The zero-order valence-electron chi connectivity index (χ0n) is 15.9. The molecule has 0 spiro atoms. The van der Waals surface area contributed by atoms with Crippen molar-refractivity contribution in [2.24, 2.45) is 0 Å². The SMILES string of the molecule is COCCN(C)C1CCC(C=O)(c2ccnc(NS(=O)(=O)C3CC3)n2)CC1. The van der Waals surface area contributed by atoms with Crippen LogP contribution in [0.15, 0.2) is 12.3 Å². The third-order valence-corrected chi connectivity index (χ3v) is 7.52. The van der Waals surface area contributed by atoms with Gasteiger partial charge in [-0.15, -0.1) is 0 Å². The number of aldehydes is 1. The highest BCUT2D eigenvalue weighted by Crippen LogP contribution is 2.38. The normalized spacial score (nSPS) is 26.1. The topological polar surface area (TPSA) is 101 Å². The molecule has 1 aromatic heterocycles. The van der Waals surface area contributed by atoms with Crippen LogP contribution in [0.1, 0.15) is 44.2 Å². The van der Waals surface area contributed by atoms with Crippen molar-refractivity contribution in [3.8, 4) is 0 Å². The molecule has 150 valence electrons. The summed E-state index contributed by atoms with van der Waals surface area (Å²) in [6.45, 7) is 1.54. The van der Waals surface area contributed by atoms with Gasteiger partial charge in [-0.25, -0.2) is 18.4 Å². The molecule has 1 heterocycles. The van der Waals surface area contributed by atoms with E-state index in [1.165, 1.54) is 6.20 Å². The molecule has 0 atom stereocenters. The number of hydrogen-bond donors (Lipinski definition) is 1. The van der Waals surface area contributed by atoms with Gasteiger partial charge in [0.05, 0.1) is 23.0 Å². The Bertz CT molecular complexity index is 758. The predicted molar refractivity (Wildman–Crippen MR) is 102 cm³/mol. The molecule has 0 saturated heterocycles. The lowest BCUT2D eigenvalue weighted by atomic mass is 9.71. The second kappa shape index (κ2) is 8.20. The predicted octanol–water partition coefficient (Wildman–Crippen LogP) is 1.34. The molecule has 0 aromatic carbocycles. The quantitative estimate of drug-likeness (QED) is 0.629. The molecule has 9 heteroatoms. The summed E-state index contributed by atoms with van der Waals surface area (Å²) < 4.78 is 31.9. The van der Waals surface area contributed by atoms with Gasteiger partial charge in [0, 0.05) is 25.9 Å². The first-order valence-corrected chi connectivity index (χ1v) is 11.0. The van der Waals surface area contributed by atoms with E-state index >= 15 is 0 Å². The standard InChI is InChI=1S/C18H28N4O4S/c1-22(11-12-26-2)14-5-8-18(13-23,9-6-14)16-7-10-19-17(20-16)21-27(24,25)15-3-4-15/h7,10,13-15H,3-6,8-9,11-12H2,1-2H3,(H,19,20,21). The average molecular weight is 397 g/mol. The fourth-order valence-corrected chi connectivity index (χ4v) is 4.96. The maximum atomic E-state index is 12.1. The van der Waals surface area contributed by atoms with Gasteiger partial charge in [0.15, 0.2) is 0 Å². The Kier molecular flexibility index (Phi) is 6.12. The zero-order valence-corrected chi connectivity index (χ0v) is 16.7. The molecule has 0 radical (unpaired) electrons. The van der Waals surface area contributed by atoms with Crippen LogP contribution < -0.4 is 4.72 Å². The first-order valence-electron chi connectivity index (χ1n) is 9.41. The minimum atomic E-state index is -3.42. The Hall–Kier alpha value is -1.58. The molecule has 1 aromatic rings. The summed E-state index contributed by atoms with van der Waals surface area (Å²) in [5, 5.41) is -0.345. The number of anilines is 1. The van der Waals surface area contributed by atoms with Crippen molar-refractivity contribution in [2.75, 3.05) is 32.0 Å². The maximum absolute atomic E-state index is 12.1. The number of likely N-dealkylation sites (N-methyl/N-ethyl adjacent to an activating group) is 1. The van der Waals surface area contributed by atoms with Gasteiger partial charge >= 0.3 is 0 Å². The minimum Gasteiger partial charge on any atom is -0.383 e. The first kappa shape index (κ1) is 20.2. The van der Waals surface area contributed by atoms with Crippen LogP contribution in [0.5, 0.6) is 0 Å². The van der Waals surface area contributed by atoms with Crippen LogP contribution in [-0.2, 0) is 25.0 Å². The lowest BCUT2D eigenvalue weighted by Crippen LogP contribution is -2.43.